The van der Waals surface area contributed by atoms with Crippen LogP contribution in [-0.2, 0) is 85.4 Å². The SMILES string of the molecule is CC(=O)N[C@@H]1[C@@H](O)[C@H](O[C@@H]2O[C@H](CO)[C@@H](O[C@@H]3O[C@H](CO)[C@@H](O)[C@H](O[C@H]4O[C@H](CO[C@H]5O[C@H](CO)[C@@H](O)[C@H](O[C@H]6O[C@H](CO[C@H]7O[C@H](CO)[C@@H](O)[C@H](O)[C@@H]7O[C@@H]7O[C@H](CO)[C@@H](O)[C@H](O)[C@H]7NC(C)=O)[C@@H](O)[C@H](O)[C@@H]6O)[C@@H]5O)[C@@H](O)[C@H](O)[C@@H]4O)[C@@H]3O)[C@H](O)[C@H]2NC(C)=O)[C@@H](CO)O[C@H]1O. The molecule has 98 heavy (non-hydrogen) atoms. The van der Waals surface area contributed by atoms with Crippen molar-refractivity contribution in [3.8, 4) is 0 Å². The molecule has 0 saturated carbocycles. The van der Waals surface area contributed by atoms with Crippen molar-refractivity contribution in [2.24, 2.45) is 0 Å². The van der Waals surface area contributed by atoms with Gasteiger partial charge in [-0.2, -0.15) is 0 Å². The number of carbonyl (C=O) groups excluding carboxylic acids is 3. The maximum absolute atomic E-state index is 12.6. The zero-order valence-corrected chi connectivity index (χ0v) is 52.4. The van der Waals surface area contributed by atoms with Crippen LogP contribution >= 0.6 is 0 Å². The first-order valence-electron chi connectivity index (χ1n) is 31.1. The molecule has 0 radical (unpaired) electrons. The van der Waals surface area contributed by atoms with Crippen molar-refractivity contribution in [2.75, 3.05) is 52.9 Å². The topological polar surface area (TPSA) is 691 Å². The molecule has 8 fully saturated rings. The second-order valence-corrected chi connectivity index (χ2v) is 24.7. The molecule has 44 nitrogen and oxygen atoms in total. The first kappa shape index (κ1) is 80.6. The van der Waals surface area contributed by atoms with Gasteiger partial charge in [0.25, 0.3) is 0 Å². The average Bonchev–Trinajstić information content (AvgIpc) is 0.786. The Hall–Kier alpha value is -3.11. The van der Waals surface area contributed by atoms with Crippen LogP contribution in [0.2, 0.25) is 0 Å². The van der Waals surface area contributed by atoms with Crippen LogP contribution in [0.5, 0.6) is 0 Å². The molecule has 3 amide bonds. The third-order valence-corrected chi connectivity index (χ3v) is 17.8. The Morgan fingerprint density at radius 3 is 1.02 bits per heavy atom. The lowest BCUT2D eigenvalue weighted by atomic mass is 9.94. The molecule has 0 spiro atoms. The van der Waals surface area contributed by atoms with Gasteiger partial charge in [-0.3, -0.25) is 14.4 Å². The lowest BCUT2D eigenvalue weighted by Crippen LogP contribution is -2.70. The van der Waals surface area contributed by atoms with Crippen molar-refractivity contribution in [1.29, 1.82) is 0 Å². The predicted octanol–water partition coefficient (Wildman–Crippen LogP) is -18.0. The lowest BCUT2D eigenvalue weighted by Gasteiger charge is -2.50. The van der Waals surface area contributed by atoms with Gasteiger partial charge in [0, 0.05) is 20.8 Å². The smallest absolute Gasteiger partial charge is 0.217 e. The molecule has 0 unspecified atom stereocenters. The summed E-state index contributed by atoms with van der Waals surface area (Å²) < 4.78 is 85.9. The predicted molar refractivity (Wildman–Crippen MR) is 299 cm³/mol. The van der Waals surface area contributed by atoms with E-state index in [-0.39, 0.29) is 0 Å². The molecule has 568 valence electrons. The van der Waals surface area contributed by atoms with Gasteiger partial charge in [0.2, 0.25) is 17.7 Å². The molecule has 8 rings (SSSR count). The van der Waals surface area contributed by atoms with Gasteiger partial charge in [0.1, 0.15) is 195 Å². The minimum Gasteiger partial charge on any atom is -0.394 e. The molecule has 8 heterocycles. The number of nitrogens with one attached hydrogen (secondary N) is 3. The van der Waals surface area contributed by atoms with E-state index in [2.05, 4.69) is 16.0 Å². The summed E-state index contributed by atoms with van der Waals surface area (Å²) in [4.78, 5) is 36.6. The summed E-state index contributed by atoms with van der Waals surface area (Å²) in [5, 5.41) is 258. The zero-order valence-electron chi connectivity index (χ0n) is 52.4. The monoisotopic (exact) mass is 1440 g/mol. The summed E-state index contributed by atoms with van der Waals surface area (Å²) in [5.74, 6) is -2.33. The summed E-state index contributed by atoms with van der Waals surface area (Å²) >= 11 is 0. The second-order valence-electron chi connectivity index (χ2n) is 24.7. The van der Waals surface area contributed by atoms with Crippen molar-refractivity contribution < 1.29 is 203 Å². The Kier molecular flexibility index (Phi) is 28.9. The van der Waals surface area contributed by atoms with Crippen LogP contribution in [0.25, 0.3) is 0 Å². The number of amides is 3. The molecule has 0 aliphatic carbocycles. The van der Waals surface area contributed by atoms with Gasteiger partial charge in [0.05, 0.1) is 52.9 Å². The number of aliphatic hydroxyl groups is 23. The van der Waals surface area contributed by atoms with Crippen LogP contribution in [0.15, 0.2) is 0 Å². The van der Waals surface area contributed by atoms with E-state index < -0.39 is 316 Å². The minimum atomic E-state index is -2.28. The fourth-order valence-corrected chi connectivity index (χ4v) is 12.5. The lowest BCUT2D eigenvalue weighted by molar-refractivity contribution is -0.384. The van der Waals surface area contributed by atoms with Crippen LogP contribution in [0.4, 0.5) is 0 Å². The highest BCUT2D eigenvalue weighted by atomic mass is 16.8. The number of carbonyl (C=O) groups is 3. The number of hydrogen-bond acceptors (Lipinski definition) is 41. The van der Waals surface area contributed by atoms with Crippen LogP contribution in [0, 0.1) is 0 Å². The Labute approximate surface area is 554 Å². The molecule has 8 saturated heterocycles. The van der Waals surface area contributed by atoms with Crippen LogP contribution in [-0.4, -0.2) is 433 Å². The molecule has 0 bridgehead atoms. The molecular weight excluding hydrogens is 1350 g/mol. The van der Waals surface area contributed by atoms with Gasteiger partial charge in [0.15, 0.2) is 50.3 Å². The molecule has 40 atom stereocenters. The normalized spacial score (nSPS) is 49.5. The van der Waals surface area contributed by atoms with E-state index in [1.807, 2.05) is 0 Å². The van der Waals surface area contributed by atoms with E-state index >= 15 is 0 Å². The minimum absolute atomic E-state index is 0.726. The van der Waals surface area contributed by atoms with Crippen LogP contribution in [0.1, 0.15) is 20.8 Å². The van der Waals surface area contributed by atoms with Gasteiger partial charge >= 0.3 is 0 Å². The van der Waals surface area contributed by atoms with Gasteiger partial charge < -0.3 is 204 Å². The fraction of sp³-hybridized carbons (Fsp3) is 0.944. The number of hydrogen-bond donors (Lipinski definition) is 26. The summed E-state index contributed by atoms with van der Waals surface area (Å²) in [6, 6.07) is -4.89. The van der Waals surface area contributed by atoms with E-state index in [9.17, 15) is 132 Å². The van der Waals surface area contributed by atoms with E-state index in [4.69, 9.17) is 71.1 Å². The quantitative estimate of drug-likeness (QED) is 0.0404. The number of aliphatic hydroxyl groups excluding tert-OH is 23. The first-order chi connectivity index (χ1) is 46.3. The molecule has 8 aliphatic heterocycles. The summed E-state index contributed by atoms with van der Waals surface area (Å²) in [7, 11) is 0. The zero-order chi connectivity index (χ0) is 72.2. The standard InChI is InChI=1S/C54H91N3O41/c1-12(64)55-23-33(74)42(19(8-62)86-47(23)83)94-49-25(57-14(3)66)34(75)43(20(9-63)91-49)95-53-41(82)45(31(72)18(7-61)89-53)97-52-39(80)35(76)28(69)21(92-52)10-84-50-40(81)44(30(71)17(6-60)88-50)96-51-38(79)36(77)29(70)22(93-51)11-85-54-46(37(78)27(68)16(5-59)90-54)98-48-24(56-13(2)65)32(73)26(67)15(4-58)87-48/h15-54,58-63,67-83H,4-11H2,1-3H3,(H,55,64)(H,56,65)(H,57,66)/t15-,16-,17-,18-,19-,20-,21-,22-,23-,24-,25-,26-,27-,28-,29-,30-,31-,32-,33-,34-,35+,36+,37+,38+,39+,40+,41+,42-,43-,44+,45+,46+,47-,48+,49+,50+,51-,52-,53+,54+/m1/s1. The first-order valence-corrected chi connectivity index (χ1v) is 31.1. The average molecular weight is 1440 g/mol. The van der Waals surface area contributed by atoms with Gasteiger partial charge in [-0.15, -0.1) is 0 Å². The van der Waals surface area contributed by atoms with Gasteiger partial charge in [-0.25, -0.2) is 0 Å². The second kappa shape index (κ2) is 35.1. The van der Waals surface area contributed by atoms with E-state index in [0.717, 1.165) is 20.8 Å². The summed E-state index contributed by atoms with van der Waals surface area (Å²) in [6.07, 6.45) is -72.8. The van der Waals surface area contributed by atoms with Crippen molar-refractivity contribution in [3.63, 3.8) is 0 Å². The van der Waals surface area contributed by atoms with Crippen molar-refractivity contribution in [2.45, 2.75) is 266 Å². The summed E-state index contributed by atoms with van der Waals surface area (Å²) in [5.41, 5.74) is 0. The third-order valence-electron chi connectivity index (χ3n) is 17.8. The highest BCUT2D eigenvalue weighted by Crippen LogP contribution is 2.38. The van der Waals surface area contributed by atoms with Crippen molar-refractivity contribution in [1.82, 2.24) is 16.0 Å². The Bertz CT molecular complexity index is 2510. The molecule has 44 heteroatoms. The Morgan fingerprint density at radius 1 is 0.265 bits per heavy atom. The van der Waals surface area contributed by atoms with Crippen molar-refractivity contribution >= 4 is 17.7 Å². The molecular formula is C54H91N3O41. The van der Waals surface area contributed by atoms with E-state index in [1.54, 1.807) is 0 Å². The fourth-order valence-electron chi connectivity index (χ4n) is 12.5. The summed E-state index contributed by atoms with van der Waals surface area (Å²) in [6.45, 7) is -4.78. The highest BCUT2D eigenvalue weighted by molar-refractivity contribution is 5.74. The van der Waals surface area contributed by atoms with E-state index in [0.29, 0.717) is 0 Å². The molecule has 8 aliphatic rings. The third kappa shape index (κ3) is 17.6. The Balaban J connectivity index is 0.926. The number of rotatable bonds is 25. The number of ether oxygens (including phenoxy) is 15. The maximum Gasteiger partial charge on any atom is 0.217 e. The molecule has 0 aromatic rings. The molecule has 26 N–H and O–H groups in total. The largest absolute Gasteiger partial charge is 0.394 e. The highest BCUT2D eigenvalue weighted by Gasteiger charge is 2.59. The molecule has 0 aromatic carbocycles. The van der Waals surface area contributed by atoms with Gasteiger partial charge in [-0.1, -0.05) is 0 Å². The van der Waals surface area contributed by atoms with E-state index in [1.165, 1.54) is 0 Å². The van der Waals surface area contributed by atoms with Crippen LogP contribution < -0.4 is 16.0 Å². The molecule has 0 aromatic heterocycles. The maximum atomic E-state index is 12.6. The van der Waals surface area contributed by atoms with Crippen molar-refractivity contribution in [3.05, 3.63) is 0 Å². The van der Waals surface area contributed by atoms with Gasteiger partial charge in [-0.05, 0) is 0 Å². The van der Waals surface area contributed by atoms with Crippen LogP contribution in [0.3, 0.4) is 0 Å². The Morgan fingerprint density at radius 2 is 0.561 bits per heavy atom.